The maximum atomic E-state index is 13.5. The Morgan fingerprint density at radius 3 is 2.44 bits per heavy atom. The maximum Gasteiger partial charge on any atom is 0.407 e. The maximum absolute atomic E-state index is 13.5. The van der Waals surface area contributed by atoms with Gasteiger partial charge in [0.15, 0.2) is 0 Å². The van der Waals surface area contributed by atoms with Crippen molar-refractivity contribution in [1.82, 2.24) is 40.4 Å². The minimum atomic E-state index is -0.611. The summed E-state index contributed by atoms with van der Waals surface area (Å²) in [4.78, 5) is 59.1. The Balaban J connectivity index is 0.946. The van der Waals surface area contributed by atoms with E-state index in [1.165, 1.54) is 72.6 Å². The van der Waals surface area contributed by atoms with E-state index in [1.807, 2.05) is 23.0 Å². The number of carbonyl (C=O) groups excluding carboxylic acids is 3. The van der Waals surface area contributed by atoms with Gasteiger partial charge in [-0.25, -0.2) is 14.8 Å². The van der Waals surface area contributed by atoms with Crippen LogP contribution in [0.1, 0.15) is 130 Å². The van der Waals surface area contributed by atoms with Crippen molar-refractivity contribution < 1.29 is 19.1 Å². The van der Waals surface area contributed by atoms with Crippen LogP contribution in [0.2, 0.25) is 0 Å². The molecule has 5 aliphatic rings. The average molecular weight is 799 g/mol. The number of likely N-dealkylation sites (tertiary alicyclic amines) is 2. The van der Waals surface area contributed by atoms with Gasteiger partial charge in [0.25, 0.3) is 0 Å². The number of nitrogens with one attached hydrogen (secondary N) is 4. The van der Waals surface area contributed by atoms with Crippen LogP contribution >= 0.6 is 0 Å². The van der Waals surface area contributed by atoms with Crippen LogP contribution in [-0.2, 0) is 26.2 Å². The first-order valence-corrected chi connectivity index (χ1v) is 21.9. The molecule has 4 aromatic rings. The number of nitrogens with zero attached hydrogens (tertiary/aromatic N) is 4. The van der Waals surface area contributed by atoms with Gasteiger partial charge in [0.05, 0.1) is 48.2 Å². The summed E-state index contributed by atoms with van der Waals surface area (Å²) in [6.07, 6.45) is 20.3. The zero-order valence-electron chi connectivity index (χ0n) is 34.9. The number of amides is 3. The minimum absolute atomic E-state index is 0.0314. The number of benzene rings is 2. The Morgan fingerprint density at radius 2 is 1.71 bits per heavy atom. The number of alkyl carbamates (subject to hydrolysis) is 1. The highest BCUT2D eigenvalue weighted by molar-refractivity contribution is 5.85. The van der Waals surface area contributed by atoms with Crippen LogP contribution in [0.4, 0.5) is 4.79 Å². The van der Waals surface area contributed by atoms with Crippen molar-refractivity contribution in [2.45, 2.75) is 114 Å². The third-order valence-corrected chi connectivity index (χ3v) is 14.1. The second-order valence-corrected chi connectivity index (χ2v) is 17.7. The van der Waals surface area contributed by atoms with E-state index in [2.05, 4.69) is 87.7 Å². The molecule has 4 atom stereocenters. The number of fused-ring (bicyclic) bond motifs is 3. The van der Waals surface area contributed by atoms with Gasteiger partial charge in [-0.2, -0.15) is 0 Å². The largest absolute Gasteiger partial charge is 0.453 e. The molecule has 3 aliphatic carbocycles. The number of likely N-dealkylation sites (N-methyl/N-ethyl adjacent to an activating group) is 1. The summed E-state index contributed by atoms with van der Waals surface area (Å²) in [5.41, 5.74) is 11.3. The van der Waals surface area contributed by atoms with Crippen LogP contribution in [0.3, 0.4) is 0 Å². The second-order valence-electron chi connectivity index (χ2n) is 17.7. The first kappa shape index (κ1) is 39.2. The predicted octanol–water partition coefficient (Wildman–Crippen LogP) is 7.77. The predicted molar refractivity (Wildman–Crippen MR) is 229 cm³/mol. The standard InChI is InChI=1S/C47H58N8O4/c1-28(2)42(48-3)45(57)55-24-8-10-39(55)44-51-35-18-15-31(25-36(35)52-44)29-11-13-30(14-12-29)32-16-17-33(34-19-22-47(41(32)34)20-5-6-21-47)37-26-49-43(53-37)38-9-7-23-54(38)40(56)27-50-46(58)59-4/h11,13-18,25-26,28-29,38-39,42,48H,5-10,12,19-24,27H2,1-4H3,(H,49,53)(H,50,58)(H,51,52)/t29?,38?,39-,42?/m0/s1. The Labute approximate surface area is 346 Å². The van der Waals surface area contributed by atoms with Gasteiger partial charge in [-0.15, -0.1) is 0 Å². The zero-order valence-corrected chi connectivity index (χ0v) is 34.9. The van der Waals surface area contributed by atoms with E-state index >= 15 is 0 Å². The molecule has 3 fully saturated rings. The summed E-state index contributed by atoms with van der Waals surface area (Å²) in [5, 5.41) is 5.76. The van der Waals surface area contributed by atoms with E-state index in [-0.39, 0.29) is 53.7 Å². The van der Waals surface area contributed by atoms with Crippen LogP contribution in [0.25, 0.3) is 27.9 Å². The molecule has 310 valence electrons. The third-order valence-electron chi connectivity index (χ3n) is 14.1. The molecule has 1 saturated carbocycles. The molecule has 2 saturated heterocycles. The highest BCUT2D eigenvalue weighted by Gasteiger charge is 2.44. The summed E-state index contributed by atoms with van der Waals surface area (Å²) in [6.45, 7) is 5.48. The first-order valence-electron chi connectivity index (χ1n) is 21.9. The number of aromatic amines is 2. The second kappa shape index (κ2) is 16.1. The number of H-pyrrole nitrogens is 2. The van der Waals surface area contributed by atoms with Gasteiger partial charge in [0, 0.05) is 24.6 Å². The third kappa shape index (κ3) is 7.17. The van der Waals surface area contributed by atoms with E-state index in [0.29, 0.717) is 6.54 Å². The number of imidazole rings is 2. The molecule has 2 aromatic heterocycles. The first-order chi connectivity index (χ1) is 28.7. The Kier molecular flexibility index (Phi) is 10.7. The normalized spacial score (nSPS) is 22.7. The van der Waals surface area contributed by atoms with E-state index in [9.17, 15) is 14.4 Å². The average Bonchev–Trinajstić information content (AvgIpc) is 4.11. The van der Waals surface area contributed by atoms with Crippen molar-refractivity contribution in [3.05, 3.63) is 88.7 Å². The zero-order chi connectivity index (χ0) is 40.8. The molecule has 12 heteroatoms. The number of ether oxygens (including phenoxy) is 1. The molecule has 2 aliphatic heterocycles. The molecule has 3 unspecified atom stereocenters. The van der Waals surface area contributed by atoms with E-state index in [4.69, 9.17) is 9.97 Å². The van der Waals surface area contributed by atoms with Crippen LogP contribution < -0.4 is 10.6 Å². The van der Waals surface area contributed by atoms with Gasteiger partial charge in [-0.05, 0) is 116 Å². The van der Waals surface area contributed by atoms with Gasteiger partial charge in [-0.3, -0.25) is 9.59 Å². The molecule has 12 nitrogen and oxygen atoms in total. The molecule has 4 heterocycles. The van der Waals surface area contributed by atoms with Crippen LogP contribution in [0, 0.1) is 5.92 Å². The van der Waals surface area contributed by atoms with Crippen molar-refractivity contribution in [2.24, 2.45) is 5.92 Å². The Bertz CT molecular complexity index is 2310. The van der Waals surface area contributed by atoms with Gasteiger partial charge in [-0.1, -0.05) is 63.1 Å². The molecular weight excluding hydrogens is 741 g/mol. The lowest BCUT2D eigenvalue weighted by Gasteiger charge is -2.29. The van der Waals surface area contributed by atoms with E-state index in [0.717, 1.165) is 73.4 Å². The number of rotatable bonds is 10. The summed E-state index contributed by atoms with van der Waals surface area (Å²) in [5.74, 6) is 2.17. The molecule has 0 bridgehead atoms. The topological polar surface area (TPSA) is 148 Å². The van der Waals surface area contributed by atoms with E-state index in [1.54, 1.807) is 0 Å². The lowest BCUT2D eigenvalue weighted by atomic mass is 9.75. The van der Waals surface area contributed by atoms with Crippen molar-refractivity contribution in [2.75, 3.05) is 33.8 Å². The number of aromatic nitrogens is 4. The van der Waals surface area contributed by atoms with Crippen LogP contribution in [0.5, 0.6) is 0 Å². The Hall–Kier alpha value is -5.23. The van der Waals surface area contributed by atoms with E-state index < -0.39 is 6.09 Å². The SMILES string of the molecule is CNC(C(=O)N1CCC[C@H]1c1nc2ccc(C3C=CC(c4ccc(-c5cnc(C6CCCN6C(=O)CNC(=O)OC)[nH]5)c5c4C4(CCCC4)CC5)=CC3)cc2[nH]1)C(C)C. The molecule has 0 radical (unpaired) electrons. The number of carbonyl (C=O) groups is 3. The molecule has 9 rings (SSSR count). The van der Waals surface area contributed by atoms with Gasteiger partial charge in [0.1, 0.15) is 18.2 Å². The fraction of sp³-hybridized carbons (Fsp3) is 0.511. The Morgan fingerprint density at radius 1 is 0.949 bits per heavy atom. The summed E-state index contributed by atoms with van der Waals surface area (Å²) in [6, 6.07) is 10.8. The summed E-state index contributed by atoms with van der Waals surface area (Å²) < 4.78 is 4.66. The number of hydrogen-bond donors (Lipinski definition) is 4. The number of allylic oxidation sites excluding steroid dienone is 4. The lowest BCUT2D eigenvalue weighted by molar-refractivity contribution is -0.135. The van der Waals surface area contributed by atoms with Gasteiger partial charge < -0.3 is 35.1 Å². The van der Waals surface area contributed by atoms with Crippen molar-refractivity contribution in [3.8, 4) is 11.3 Å². The molecule has 59 heavy (non-hydrogen) atoms. The van der Waals surface area contributed by atoms with Crippen molar-refractivity contribution in [3.63, 3.8) is 0 Å². The molecule has 3 amide bonds. The molecular formula is C47H58N8O4. The summed E-state index contributed by atoms with van der Waals surface area (Å²) in [7, 11) is 3.16. The smallest absolute Gasteiger partial charge is 0.407 e. The molecule has 4 N–H and O–H groups in total. The highest BCUT2D eigenvalue weighted by Crippen LogP contribution is 2.55. The minimum Gasteiger partial charge on any atom is -0.453 e. The highest BCUT2D eigenvalue weighted by atomic mass is 16.5. The number of methoxy groups -OCH3 is 1. The fourth-order valence-electron chi connectivity index (χ4n) is 11.1. The fourth-order valence-corrected chi connectivity index (χ4v) is 11.1. The van der Waals surface area contributed by atoms with Crippen molar-refractivity contribution in [1.29, 1.82) is 0 Å². The molecule has 1 spiro atoms. The van der Waals surface area contributed by atoms with Crippen molar-refractivity contribution >= 4 is 34.5 Å². The van der Waals surface area contributed by atoms with Gasteiger partial charge >= 0.3 is 6.09 Å². The monoisotopic (exact) mass is 798 g/mol. The lowest BCUT2D eigenvalue weighted by Crippen LogP contribution is -2.47. The molecule has 2 aromatic carbocycles. The quantitative estimate of drug-likeness (QED) is 0.128. The van der Waals surface area contributed by atoms with Crippen LogP contribution in [0.15, 0.2) is 54.8 Å². The summed E-state index contributed by atoms with van der Waals surface area (Å²) >= 11 is 0. The van der Waals surface area contributed by atoms with Crippen LogP contribution in [-0.4, -0.2) is 87.5 Å². The number of hydrogen-bond acceptors (Lipinski definition) is 7. The van der Waals surface area contributed by atoms with Gasteiger partial charge in [0.2, 0.25) is 11.8 Å².